The zero-order valence-corrected chi connectivity index (χ0v) is 10.6. The van der Waals surface area contributed by atoms with Crippen LogP contribution in [0.2, 0.25) is 0 Å². The van der Waals surface area contributed by atoms with E-state index in [9.17, 15) is 4.79 Å². The van der Waals surface area contributed by atoms with Crippen LogP contribution in [0.5, 0.6) is 0 Å². The quantitative estimate of drug-likeness (QED) is 0.471. The van der Waals surface area contributed by atoms with Crippen LogP contribution in [0.1, 0.15) is 17.7 Å². The smallest absolute Gasteiger partial charge is 0.327 e. The number of carboxylic acids is 1. The first kappa shape index (κ1) is 13.5. The number of anilines is 1. The molecule has 1 rings (SSSR count). The Morgan fingerprint density at radius 1 is 1.53 bits per heavy atom. The van der Waals surface area contributed by atoms with E-state index >= 15 is 0 Å². The summed E-state index contributed by atoms with van der Waals surface area (Å²) >= 11 is 1.44. The zero-order valence-electron chi connectivity index (χ0n) is 9.80. The maximum absolute atomic E-state index is 10.3. The van der Waals surface area contributed by atoms with Gasteiger partial charge in [0.05, 0.1) is 0 Å². The van der Waals surface area contributed by atoms with E-state index in [1.165, 1.54) is 11.8 Å². The Labute approximate surface area is 104 Å². The van der Waals surface area contributed by atoms with Crippen LogP contribution in [-0.4, -0.2) is 27.3 Å². The van der Waals surface area contributed by atoms with Crippen molar-refractivity contribution >= 4 is 23.5 Å². The van der Waals surface area contributed by atoms with Crippen LogP contribution in [0.3, 0.4) is 0 Å². The molecule has 1 aromatic rings. The van der Waals surface area contributed by atoms with Crippen LogP contribution >= 0.6 is 11.8 Å². The Morgan fingerprint density at radius 2 is 2.24 bits per heavy atom. The highest BCUT2D eigenvalue weighted by atomic mass is 32.2. The minimum absolute atomic E-state index is 0.477. The molecule has 0 saturated heterocycles. The van der Waals surface area contributed by atoms with Gasteiger partial charge in [-0.25, -0.2) is 14.8 Å². The molecule has 0 aliphatic carbocycles. The number of carboxylic acid groups (broad SMARTS) is 1. The number of aliphatic carboxylic acids is 1. The average Bonchev–Trinajstić information content (AvgIpc) is 2.26. The lowest BCUT2D eigenvalue weighted by atomic mass is 10.1. The summed E-state index contributed by atoms with van der Waals surface area (Å²) in [5.74, 6) is -0.464. The predicted molar refractivity (Wildman–Crippen MR) is 68.1 cm³/mol. The standard InChI is InChI=1S/C11H15N3O2S/c1-7-8(5-3-4-6-9(15)16)10(12)14-11(13-7)17-2/h4,6H,3,5H2,1-2H3,(H,15,16)(H2,12,13,14)/b6-4+. The third kappa shape index (κ3) is 4.07. The summed E-state index contributed by atoms with van der Waals surface area (Å²) in [7, 11) is 0. The van der Waals surface area contributed by atoms with E-state index in [4.69, 9.17) is 10.8 Å². The number of hydrogen-bond acceptors (Lipinski definition) is 5. The molecule has 0 bridgehead atoms. The number of aryl methyl sites for hydroxylation is 1. The molecule has 0 aliphatic heterocycles. The fourth-order valence-electron chi connectivity index (χ4n) is 1.40. The lowest BCUT2D eigenvalue weighted by Gasteiger charge is -2.08. The van der Waals surface area contributed by atoms with Gasteiger partial charge in [0.25, 0.3) is 0 Å². The van der Waals surface area contributed by atoms with Gasteiger partial charge in [0.1, 0.15) is 5.82 Å². The summed E-state index contributed by atoms with van der Waals surface area (Å²) < 4.78 is 0. The van der Waals surface area contributed by atoms with Crippen molar-refractivity contribution in [3.05, 3.63) is 23.4 Å². The number of nitrogen functional groups attached to an aromatic ring is 1. The number of nitrogens with two attached hydrogens (primary N) is 1. The first-order valence-corrected chi connectivity index (χ1v) is 6.33. The monoisotopic (exact) mass is 253 g/mol. The topological polar surface area (TPSA) is 89.1 Å². The molecule has 92 valence electrons. The molecule has 17 heavy (non-hydrogen) atoms. The minimum atomic E-state index is -0.941. The molecule has 0 radical (unpaired) electrons. The lowest BCUT2D eigenvalue weighted by Crippen LogP contribution is -2.04. The molecule has 1 heterocycles. The van der Waals surface area contributed by atoms with Gasteiger partial charge in [-0.05, 0) is 26.0 Å². The van der Waals surface area contributed by atoms with Crippen molar-refractivity contribution in [1.29, 1.82) is 0 Å². The van der Waals surface area contributed by atoms with Crippen molar-refractivity contribution in [3.63, 3.8) is 0 Å². The highest BCUT2D eigenvalue weighted by Gasteiger charge is 2.07. The third-order valence-electron chi connectivity index (χ3n) is 2.23. The van der Waals surface area contributed by atoms with Gasteiger partial charge in [-0.2, -0.15) is 0 Å². The van der Waals surface area contributed by atoms with E-state index in [-0.39, 0.29) is 0 Å². The van der Waals surface area contributed by atoms with E-state index in [1.54, 1.807) is 6.08 Å². The third-order valence-corrected chi connectivity index (χ3v) is 2.78. The molecule has 0 unspecified atom stereocenters. The minimum Gasteiger partial charge on any atom is -0.478 e. The second kappa shape index (κ2) is 6.24. The predicted octanol–water partition coefficient (Wildman–Crippen LogP) is 1.66. The second-order valence-corrected chi connectivity index (χ2v) is 4.21. The van der Waals surface area contributed by atoms with E-state index in [0.717, 1.165) is 17.3 Å². The van der Waals surface area contributed by atoms with Crippen LogP contribution in [-0.2, 0) is 11.2 Å². The molecule has 0 saturated carbocycles. The van der Waals surface area contributed by atoms with Gasteiger partial charge in [-0.1, -0.05) is 17.8 Å². The fraction of sp³-hybridized carbons (Fsp3) is 0.364. The molecular weight excluding hydrogens is 238 g/mol. The maximum Gasteiger partial charge on any atom is 0.327 e. The number of hydrogen-bond donors (Lipinski definition) is 2. The van der Waals surface area contributed by atoms with Crippen LogP contribution < -0.4 is 5.73 Å². The van der Waals surface area contributed by atoms with Crippen LogP contribution in [0.25, 0.3) is 0 Å². The Kier molecular flexibility index (Phi) is 4.96. The molecule has 5 nitrogen and oxygen atoms in total. The second-order valence-electron chi connectivity index (χ2n) is 3.44. The van der Waals surface area contributed by atoms with Crippen molar-refractivity contribution in [2.75, 3.05) is 12.0 Å². The van der Waals surface area contributed by atoms with Crippen molar-refractivity contribution in [2.45, 2.75) is 24.9 Å². The number of thioether (sulfide) groups is 1. The molecule has 0 amide bonds. The summed E-state index contributed by atoms with van der Waals surface area (Å²) in [5.41, 5.74) is 7.57. The van der Waals surface area contributed by atoms with Gasteiger partial charge in [-0.15, -0.1) is 0 Å². The molecule has 0 spiro atoms. The molecule has 6 heteroatoms. The number of rotatable bonds is 5. The number of aromatic nitrogens is 2. The fourth-order valence-corrected chi connectivity index (χ4v) is 1.82. The van der Waals surface area contributed by atoms with Gasteiger partial charge in [0.2, 0.25) is 0 Å². The van der Waals surface area contributed by atoms with Gasteiger partial charge in [0, 0.05) is 17.3 Å². The number of nitrogens with zero attached hydrogens (tertiary/aromatic N) is 2. The normalized spacial score (nSPS) is 10.9. The molecule has 3 N–H and O–H groups in total. The summed E-state index contributed by atoms with van der Waals surface area (Å²) in [5, 5.41) is 9.11. The Hall–Kier alpha value is -1.56. The maximum atomic E-state index is 10.3. The molecule has 0 aliphatic rings. The van der Waals surface area contributed by atoms with E-state index in [2.05, 4.69) is 9.97 Å². The Morgan fingerprint density at radius 3 is 2.76 bits per heavy atom. The molecule has 1 aromatic heterocycles. The largest absolute Gasteiger partial charge is 0.478 e. The SMILES string of the molecule is CSc1nc(C)c(CC/C=C/C(=O)O)c(N)n1. The lowest BCUT2D eigenvalue weighted by molar-refractivity contribution is -0.131. The number of allylic oxidation sites excluding steroid dienone is 1. The van der Waals surface area contributed by atoms with Crippen molar-refractivity contribution in [2.24, 2.45) is 0 Å². The molecule has 0 atom stereocenters. The van der Waals surface area contributed by atoms with Gasteiger partial charge >= 0.3 is 5.97 Å². The van der Waals surface area contributed by atoms with Crippen molar-refractivity contribution < 1.29 is 9.90 Å². The van der Waals surface area contributed by atoms with Gasteiger partial charge < -0.3 is 10.8 Å². The van der Waals surface area contributed by atoms with Crippen molar-refractivity contribution in [1.82, 2.24) is 9.97 Å². The van der Waals surface area contributed by atoms with Crippen LogP contribution in [0.4, 0.5) is 5.82 Å². The highest BCUT2D eigenvalue weighted by Crippen LogP contribution is 2.19. The number of carbonyl (C=O) groups is 1. The first-order chi connectivity index (χ1) is 8.04. The van der Waals surface area contributed by atoms with Crippen LogP contribution in [0, 0.1) is 6.92 Å². The first-order valence-electron chi connectivity index (χ1n) is 5.11. The summed E-state index contributed by atoms with van der Waals surface area (Å²) in [6.07, 6.45) is 5.88. The molecular formula is C11H15N3O2S. The summed E-state index contributed by atoms with van der Waals surface area (Å²) in [6.45, 7) is 1.88. The summed E-state index contributed by atoms with van der Waals surface area (Å²) in [4.78, 5) is 18.7. The van der Waals surface area contributed by atoms with Crippen molar-refractivity contribution in [3.8, 4) is 0 Å². The van der Waals surface area contributed by atoms with E-state index in [1.807, 2.05) is 13.2 Å². The average molecular weight is 253 g/mol. The summed E-state index contributed by atoms with van der Waals surface area (Å²) in [6, 6.07) is 0. The Bertz CT molecular complexity index is 423. The van der Waals surface area contributed by atoms with Gasteiger partial charge in [0.15, 0.2) is 5.16 Å². The van der Waals surface area contributed by atoms with E-state index < -0.39 is 5.97 Å². The molecule has 0 fully saturated rings. The molecule has 0 aromatic carbocycles. The highest BCUT2D eigenvalue weighted by molar-refractivity contribution is 7.98. The van der Waals surface area contributed by atoms with E-state index in [0.29, 0.717) is 23.8 Å². The van der Waals surface area contributed by atoms with Gasteiger partial charge in [-0.3, -0.25) is 0 Å². The zero-order chi connectivity index (χ0) is 12.8. The van der Waals surface area contributed by atoms with Crippen LogP contribution in [0.15, 0.2) is 17.3 Å². The Balaban J connectivity index is 2.74.